The Kier molecular flexibility index (Phi) is 10.2. The summed E-state index contributed by atoms with van der Waals surface area (Å²) in [5.41, 5.74) is 0.757. The normalized spacial score (nSPS) is 21.0. The zero-order valence-electron chi connectivity index (χ0n) is 26.0. The number of piperazine rings is 1. The van der Waals surface area contributed by atoms with E-state index in [0.29, 0.717) is 64.7 Å². The molecule has 5 heterocycles. The third-order valence-electron chi connectivity index (χ3n) is 9.98. The van der Waals surface area contributed by atoms with Crippen molar-refractivity contribution < 1.29 is 32.7 Å². The van der Waals surface area contributed by atoms with Crippen molar-refractivity contribution in [2.45, 2.75) is 63.3 Å². The van der Waals surface area contributed by atoms with E-state index in [4.69, 9.17) is 11.6 Å². The minimum Gasteiger partial charge on any atom is -0.506 e. The molecule has 3 saturated heterocycles. The van der Waals surface area contributed by atoms with Crippen LogP contribution >= 0.6 is 22.9 Å². The van der Waals surface area contributed by atoms with Crippen molar-refractivity contribution in [1.82, 2.24) is 24.9 Å². The summed E-state index contributed by atoms with van der Waals surface area (Å²) < 4.78 is 41.1. The van der Waals surface area contributed by atoms with Gasteiger partial charge in [-0.2, -0.15) is 13.2 Å². The molecule has 15 heteroatoms. The maximum absolute atomic E-state index is 14.0. The third kappa shape index (κ3) is 7.65. The monoisotopic (exact) mass is 696 g/mol. The first kappa shape index (κ1) is 33.8. The Labute approximate surface area is 280 Å². The molecule has 3 fully saturated rings. The number of aromatic hydroxyl groups is 1. The Hall–Kier alpha value is -3.07. The summed E-state index contributed by atoms with van der Waals surface area (Å²) in [6, 6.07) is 2.31. The average Bonchev–Trinajstić information content (AvgIpc) is 3.52. The van der Waals surface area contributed by atoms with Crippen LogP contribution in [0.4, 0.5) is 23.7 Å². The number of nitrogens with zero attached hydrogens (tertiary/aromatic N) is 4. The van der Waals surface area contributed by atoms with Gasteiger partial charge in [0.05, 0.1) is 28.7 Å². The minimum absolute atomic E-state index is 0.0410. The molecule has 256 valence electrons. The number of alkyl halides is 3. The fourth-order valence-corrected chi connectivity index (χ4v) is 8.34. The van der Waals surface area contributed by atoms with E-state index in [0.717, 1.165) is 43.2 Å². The number of likely N-dealkylation sites (tertiary alicyclic amines) is 1. The van der Waals surface area contributed by atoms with Crippen LogP contribution in [0.1, 0.15) is 48.8 Å². The van der Waals surface area contributed by atoms with E-state index in [-0.39, 0.29) is 42.3 Å². The second-order valence-electron chi connectivity index (χ2n) is 12.9. The summed E-state index contributed by atoms with van der Waals surface area (Å²) in [5, 5.41) is 19.8. The van der Waals surface area contributed by atoms with E-state index in [1.54, 1.807) is 14.7 Å². The van der Waals surface area contributed by atoms with Gasteiger partial charge >= 0.3 is 12.2 Å². The molecule has 4 aliphatic heterocycles. The van der Waals surface area contributed by atoms with E-state index in [2.05, 4.69) is 15.5 Å². The molecule has 2 aromatic rings. The molecule has 1 atom stereocenters. The van der Waals surface area contributed by atoms with Gasteiger partial charge in [0, 0.05) is 68.7 Å². The molecule has 0 unspecified atom stereocenters. The predicted octanol–water partition coefficient (Wildman–Crippen LogP) is 4.61. The van der Waals surface area contributed by atoms with Crippen LogP contribution in [0.15, 0.2) is 22.9 Å². The molecule has 6 rings (SSSR count). The lowest BCUT2D eigenvalue weighted by atomic mass is 9.92. The van der Waals surface area contributed by atoms with Crippen LogP contribution < -0.4 is 10.6 Å². The van der Waals surface area contributed by atoms with Crippen LogP contribution in [0.2, 0.25) is 5.02 Å². The Morgan fingerprint density at radius 1 is 0.979 bits per heavy atom. The predicted molar refractivity (Wildman–Crippen MR) is 172 cm³/mol. The number of phenols is 1. The number of amides is 4. The largest absolute Gasteiger partial charge is 0.506 e. The molecule has 1 aromatic heterocycles. The highest BCUT2D eigenvalue weighted by Gasteiger charge is 2.38. The standard InChI is InChI=1S/C32H40ClF3N6O4S/c33-26-15-20(14-25(29(26)44)32(34,35)36)13-21(30(45)41-11-9-39(10-12-41)23-1-5-37-6-2-23)16-28(43)40-7-3-24(4-8-40)42-17-22-18-47-19-27(22)38-31(42)46/h14-15,18-19,21,23-24,37,44H,1-13,16-17H2,(H,38,46)/t21-/m0/s1. The zero-order chi connectivity index (χ0) is 33.3. The zero-order valence-corrected chi connectivity index (χ0v) is 27.6. The number of nitrogens with one attached hydrogen (secondary N) is 2. The van der Waals surface area contributed by atoms with Crippen molar-refractivity contribution in [2.24, 2.45) is 5.92 Å². The SMILES string of the molecule is O=C(C[C@H](Cc1cc(Cl)c(O)c(C(F)(F)F)c1)C(=O)N1CCN(C2CCNCC2)CC1)N1CCC(N2Cc3cscc3NC2=O)CC1. The molecule has 4 amide bonds. The lowest BCUT2D eigenvalue weighted by Crippen LogP contribution is -2.55. The van der Waals surface area contributed by atoms with E-state index in [1.807, 2.05) is 10.8 Å². The highest BCUT2D eigenvalue weighted by atomic mass is 35.5. The molecule has 0 radical (unpaired) electrons. The summed E-state index contributed by atoms with van der Waals surface area (Å²) in [4.78, 5) is 48.0. The number of piperidine rings is 2. The van der Waals surface area contributed by atoms with Gasteiger partial charge in [-0.3, -0.25) is 14.5 Å². The van der Waals surface area contributed by atoms with Crippen molar-refractivity contribution in [3.05, 3.63) is 44.6 Å². The topological polar surface area (TPSA) is 108 Å². The summed E-state index contributed by atoms with van der Waals surface area (Å²) in [7, 11) is 0. The molecule has 0 spiro atoms. The highest BCUT2D eigenvalue weighted by molar-refractivity contribution is 7.08. The highest BCUT2D eigenvalue weighted by Crippen LogP contribution is 2.41. The molecular formula is C32H40ClF3N6O4S. The van der Waals surface area contributed by atoms with Crippen molar-refractivity contribution in [3.63, 3.8) is 0 Å². The van der Waals surface area contributed by atoms with E-state index in [1.165, 1.54) is 17.4 Å². The first-order chi connectivity index (χ1) is 22.5. The summed E-state index contributed by atoms with van der Waals surface area (Å²) >= 11 is 7.53. The molecule has 0 saturated carbocycles. The fraction of sp³-hybridized carbons (Fsp3) is 0.594. The van der Waals surface area contributed by atoms with Crippen LogP contribution in [0, 0.1) is 5.92 Å². The average molecular weight is 697 g/mol. The molecular weight excluding hydrogens is 657 g/mol. The van der Waals surface area contributed by atoms with Crippen LogP contribution in [0.25, 0.3) is 0 Å². The molecule has 0 bridgehead atoms. The first-order valence-corrected chi connectivity index (χ1v) is 17.5. The van der Waals surface area contributed by atoms with Gasteiger partial charge in [-0.1, -0.05) is 11.6 Å². The molecule has 1 aromatic carbocycles. The minimum atomic E-state index is -4.84. The molecule has 47 heavy (non-hydrogen) atoms. The van der Waals surface area contributed by atoms with Crippen LogP contribution in [0.3, 0.4) is 0 Å². The molecule has 10 nitrogen and oxygen atoms in total. The molecule has 0 aliphatic carbocycles. The number of halogens is 4. The van der Waals surface area contributed by atoms with Crippen molar-refractivity contribution in [2.75, 3.05) is 57.7 Å². The lowest BCUT2D eigenvalue weighted by molar-refractivity contribution is -0.143. The van der Waals surface area contributed by atoms with Gasteiger partial charge in [-0.25, -0.2) is 4.79 Å². The van der Waals surface area contributed by atoms with Gasteiger partial charge in [0.25, 0.3) is 0 Å². The van der Waals surface area contributed by atoms with Crippen molar-refractivity contribution in [3.8, 4) is 5.75 Å². The Balaban J connectivity index is 1.13. The number of carbonyl (C=O) groups excluding carboxylic acids is 3. The number of fused-ring (bicyclic) bond motifs is 1. The van der Waals surface area contributed by atoms with Gasteiger partial charge in [-0.15, -0.1) is 11.3 Å². The quantitative estimate of drug-likeness (QED) is 0.391. The van der Waals surface area contributed by atoms with Gasteiger partial charge < -0.3 is 30.4 Å². The van der Waals surface area contributed by atoms with Crippen LogP contribution in [-0.2, 0) is 28.7 Å². The van der Waals surface area contributed by atoms with Gasteiger partial charge in [0.2, 0.25) is 11.8 Å². The smallest absolute Gasteiger partial charge is 0.420 e. The van der Waals surface area contributed by atoms with Gasteiger partial charge in [0.15, 0.2) is 0 Å². The van der Waals surface area contributed by atoms with Crippen molar-refractivity contribution >= 4 is 46.5 Å². The summed E-state index contributed by atoms with van der Waals surface area (Å²) in [6.07, 6.45) is -1.89. The van der Waals surface area contributed by atoms with E-state index >= 15 is 0 Å². The maximum atomic E-state index is 14.0. The number of thiophene rings is 1. The number of phenolic OH excluding ortho intramolecular Hbond substituents is 1. The number of carbonyl (C=O) groups is 3. The van der Waals surface area contributed by atoms with Gasteiger partial charge in [-0.05, 0) is 68.3 Å². The number of urea groups is 1. The number of benzene rings is 1. The molecule has 3 N–H and O–H groups in total. The van der Waals surface area contributed by atoms with Crippen LogP contribution in [-0.4, -0.2) is 107 Å². The second-order valence-corrected chi connectivity index (χ2v) is 14.1. The van der Waals surface area contributed by atoms with E-state index in [9.17, 15) is 32.7 Å². The fourth-order valence-electron chi connectivity index (χ4n) is 7.32. The second kappa shape index (κ2) is 14.2. The lowest BCUT2D eigenvalue weighted by Gasteiger charge is -2.42. The maximum Gasteiger partial charge on any atom is 0.420 e. The Morgan fingerprint density at radius 2 is 1.68 bits per heavy atom. The number of hydrogen-bond acceptors (Lipinski definition) is 7. The number of rotatable bonds is 7. The number of anilines is 1. The van der Waals surface area contributed by atoms with E-state index < -0.39 is 28.4 Å². The van der Waals surface area contributed by atoms with Crippen molar-refractivity contribution in [1.29, 1.82) is 0 Å². The molecule has 4 aliphatic rings. The van der Waals surface area contributed by atoms with Crippen LogP contribution in [0.5, 0.6) is 5.75 Å². The summed E-state index contributed by atoms with van der Waals surface area (Å²) in [5.74, 6) is -2.49. The van der Waals surface area contributed by atoms with Gasteiger partial charge in [0.1, 0.15) is 5.75 Å². The Bertz CT molecular complexity index is 1470. The third-order valence-corrected chi connectivity index (χ3v) is 11.1. The summed E-state index contributed by atoms with van der Waals surface area (Å²) in [6.45, 7) is 5.60. The number of hydrogen-bond donors (Lipinski definition) is 3. The first-order valence-electron chi connectivity index (χ1n) is 16.2. The Morgan fingerprint density at radius 3 is 2.36 bits per heavy atom.